The molecule has 1 heterocycles. The Hall–Kier alpha value is -3.20. The van der Waals surface area contributed by atoms with E-state index >= 15 is 0 Å². The molecule has 48 heavy (non-hydrogen) atoms. The van der Waals surface area contributed by atoms with Gasteiger partial charge in [-0.3, -0.25) is 14.4 Å². The molecule has 1 aliphatic rings. The third-order valence-corrected chi connectivity index (χ3v) is 12.1. The van der Waals surface area contributed by atoms with Crippen LogP contribution in [0.1, 0.15) is 96.2 Å². The fourth-order valence-corrected chi connectivity index (χ4v) is 8.28. The highest BCUT2D eigenvalue weighted by molar-refractivity contribution is 7.92. The summed E-state index contributed by atoms with van der Waals surface area (Å²) in [5.74, 6) is -1.56. The average Bonchev–Trinajstić information content (AvgIpc) is 3.01. The maximum atomic E-state index is 15.0. The molecule has 0 unspecified atom stereocenters. The Labute approximate surface area is 296 Å². The first-order valence-corrected chi connectivity index (χ1v) is 18.9. The Morgan fingerprint density at radius 1 is 0.917 bits per heavy atom. The van der Waals surface area contributed by atoms with Crippen molar-refractivity contribution in [1.29, 1.82) is 0 Å². The molecular formula is C38H48Cl2N2O5S. The van der Waals surface area contributed by atoms with E-state index in [2.05, 4.69) is 5.32 Å². The van der Waals surface area contributed by atoms with Gasteiger partial charge in [-0.25, -0.2) is 8.42 Å². The molecule has 7 nitrogen and oxygen atoms in total. The minimum absolute atomic E-state index is 0. The summed E-state index contributed by atoms with van der Waals surface area (Å²) in [6, 6.07) is 20.3. The van der Waals surface area contributed by atoms with Gasteiger partial charge in [-0.1, -0.05) is 82.1 Å². The second-order valence-corrected chi connectivity index (χ2v) is 17.6. The summed E-state index contributed by atoms with van der Waals surface area (Å²) in [6.45, 7) is 12.6. The molecule has 4 atom stereocenters. The van der Waals surface area contributed by atoms with Gasteiger partial charge in [0.1, 0.15) is 0 Å². The zero-order chi connectivity index (χ0) is 35.6. The summed E-state index contributed by atoms with van der Waals surface area (Å²) in [6.07, 6.45) is 0.175. The summed E-state index contributed by atoms with van der Waals surface area (Å²) in [5, 5.41) is 3.36. The highest BCUT2D eigenvalue weighted by Gasteiger charge is 2.53. The topological polar surface area (TPSA) is 101 Å². The maximum Gasteiger partial charge on any atom is 0.229 e. The standard InChI is InChI=1S/C38H46Cl2N2O5S.H2/c1-23(2)33(22-48(46,47)25(5)6)42-35(26-11-15-29(39)16-12-26)32(28-9-8-10-30(40)19-28)20-38(7,37(42)45)21-34(43)41-31-17-13-27(14-18-31)36(44)24(3)4;/h8-19,23-25,32-33,35H,20-22H2,1-7H3,(H,41,43);1H/t32-,33-,35-,38-;/m1./s1. The van der Waals surface area contributed by atoms with Gasteiger partial charge in [-0.15, -0.1) is 0 Å². The second kappa shape index (κ2) is 15.1. The van der Waals surface area contributed by atoms with Crippen molar-refractivity contribution in [3.05, 3.63) is 99.5 Å². The average molecular weight is 716 g/mol. The van der Waals surface area contributed by atoms with Crippen LogP contribution in [-0.4, -0.2) is 48.0 Å². The highest BCUT2D eigenvalue weighted by atomic mass is 35.5. The lowest BCUT2D eigenvalue weighted by molar-refractivity contribution is -0.157. The molecule has 0 radical (unpaired) electrons. The molecule has 0 bridgehead atoms. The van der Waals surface area contributed by atoms with Gasteiger partial charge < -0.3 is 10.2 Å². The van der Waals surface area contributed by atoms with E-state index in [-0.39, 0.29) is 49.0 Å². The van der Waals surface area contributed by atoms with Crippen LogP contribution in [0.15, 0.2) is 72.8 Å². The largest absolute Gasteiger partial charge is 0.330 e. The van der Waals surface area contributed by atoms with E-state index in [0.717, 1.165) is 11.1 Å². The number of amides is 2. The fraction of sp³-hybridized carbons (Fsp3) is 0.447. The Bertz CT molecular complexity index is 1750. The minimum Gasteiger partial charge on any atom is -0.330 e. The number of hydrogen-bond donors (Lipinski definition) is 1. The predicted octanol–water partition coefficient (Wildman–Crippen LogP) is 9.02. The molecule has 1 fully saturated rings. The van der Waals surface area contributed by atoms with Crippen LogP contribution in [0.25, 0.3) is 0 Å². The highest BCUT2D eigenvalue weighted by Crippen LogP contribution is 2.52. The summed E-state index contributed by atoms with van der Waals surface area (Å²) in [7, 11) is -3.57. The fourth-order valence-electron chi connectivity index (χ4n) is 6.55. The number of ketones is 1. The number of rotatable bonds is 12. The van der Waals surface area contributed by atoms with Crippen molar-refractivity contribution in [3.8, 4) is 0 Å². The van der Waals surface area contributed by atoms with Crippen LogP contribution in [0.4, 0.5) is 5.69 Å². The van der Waals surface area contributed by atoms with Crippen LogP contribution in [0.5, 0.6) is 0 Å². The van der Waals surface area contributed by atoms with Gasteiger partial charge in [0.15, 0.2) is 15.6 Å². The number of likely N-dealkylation sites (tertiary alicyclic amines) is 1. The maximum absolute atomic E-state index is 15.0. The van der Waals surface area contributed by atoms with Gasteiger partial charge in [-0.05, 0) is 85.8 Å². The van der Waals surface area contributed by atoms with Crippen LogP contribution >= 0.6 is 23.2 Å². The van der Waals surface area contributed by atoms with Gasteiger partial charge in [0.05, 0.1) is 22.5 Å². The van der Waals surface area contributed by atoms with E-state index in [1.54, 1.807) is 68.1 Å². The Balaban J connectivity index is 0.00000650. The van der Waals surface area contributed by atoms with Crippen molar-refractivity contribution < 1.29 is 24.2 Å². The molecule has 0 saturated carbocycles. The second-order valence-electron chi connectivity index (χ2n) is 14.1. The van der Waals surface area contributed by atoms with Crippen LogP contribution < -0.4 is 5.32 Å². The molecule has 3 aromatic rings. The van der Waals surface area contributed by atoms with E-state index < -0.39 is 32.6 Å². The molecule has 10 heteroatoms. The summed E-state index contributed by atoms with van der Waals surface area (Å²) >= 11 is 12.8. The molecule has 3 aromatic carbocycles. The van der Waals surface area contributed by atoms with Crippen molar-refractivity contribution in [3.63, 3.8) is 0 Å². The van der Waals surface area contributed by atoms with E-state index in [0.29, 0.717) is 27.7 Å². The Kier molecular flexibility index (Phi) is 11.9. The third kappa shape index (κ3) is 8.50. The third-order valence-electron chi connectivity index (χ3n) is 9.37. The zero-order valence-corrected chi connectivity index (χ0v) is 31.0. The quantitative estimate of drug-likeness (QED) is 0.189. The van der Waals surface area contributed by atoms with Crippen molar-refractivity contribution >= 4 is 56.3 Å². The first kappa shape index (κ1) is 37.6. The molecule has 0 aromatic heterocycles. The molecule has 1 aliphatic heterocycles. The molecule has 0 spiro atoms. The first-order chi connectivity index (χ1) is 22.4. The van der Waals surface area contributed by atoms with Gasteiger partial charge in [0.2, 0.25) is 11.8 Å². The lowest BCUT2D eigenvalue weighted by Crippen LogP contribution is -2.59. The molecule has 4 rings (SSSR count). The summed E-state index contributed by atoms with van der Waals surface area (Å²) < 4.78 is 26.9. The van der Waals surface area contributed by atoms with Crippen molar-refractivity contribution in [1.82, 2.24) is 4.90 Å². The molecular weight excluding hydrogens is 667 g/mol. The Morgan fingerprint density at radius 2 is 1.54 bits per heavy atom. The van der Waals surface area contributed by atoms with Crippen LogP contribution in [0.2, 0.25) is 10.0 Å². The van der Waals surface area contributed by atoms with Crippen molar-refractivity contribution in [2.45, 2.75) is 84.6 Å². The monoisotopic (exact) mass is 714 g/mol. The Morgan fingerprint density at radius 3 is 2.08 bits per heavy atom. The number of carbonyl (C=O) groups excluding carboxylic acids is 3. The molecule has 1 N–H and O–H groups in total. The number of sulfone groups is 1. The van der Waals surface area contributed by atoms with Gasteiger partial charge in [0.25, 0.3) is 0 Å². The number of benzene rings is 3. The molecule has 1 saturated heterocycles. The first-order valence-electron chi connectivity index (χ1n) is 16.4. The van der Waals surface area contributed by atoms with E-state index in [1.807, 2.05) is 58.0 Å². The molecule has 260 valence electrons. The number of anilines is 1. The van der Waals surface area contributed by atoms with Gasteiger partial charge in [-0.2, -0.15) is 0 Å². The molecule has 0 aliphatic carbocycles. The number of halogens is 2. The number of nitrogens with zero attached hydrogens (tertiary/aromatic N) is 1. The lowest BCUT2D eigenvalue weighted by atomic mass is 9.66. The summed E-state index contributed by atoms with van der Waals surface area (Å²) in [4.78, 5) is 42.8. The zero-order valence-electron chi connectivity index (χ0n) is 28.7. The van der Waals surface area contributed by atoms with Crippen LogP contribution in [-0.2, 0) is 19.4 Å². The molecule has 2 amide bonds. The van der Waals surface area contributed by atoms with Gasteiger partial charge >= 0.3 is 0 Å². The van der Waals surface area contributed by atoms with E-state index in [9.17, 15) is 22.8 Å². The normalized spacial score (nSPS) is 20.8. The van der Waals surface area contributed by atoms with E-state index in [4.69, 9.17) is 23.2 Å². The summed E-state index contributed by atoms with van der Waals surface area (Å²) in [5.41, 5.74) is 1.57. The minimum atomic E-state index is -3.57. The number of nitrogens with one attached hydrogen (secondary N) is 1. The lowest BCUT2D eigenvalue weighted by Gasteiger charge is -2.53. The van der Waals surface area contributed by atoms with Crippen LogP contribution in [0.3, 0.4) is 0 Å². The number of Topliss-reactive ketones (excluding diaryl/α,β-unsaturated/α-hetero) is 1. The van der Waals surface area contributed by atoms with Crippen molar-refractivity contribution in [2.75, 3.05) is 11.1 Å². The smallest absolute Gasteiger partial charge is 0.229 e. The number of hydrogen-bond acceptors (Lipinski definition) is 5. The predicted molar refractivity (Wildman–Crippen MR) is 196 cm³/mol. The van der Waals surface area contributed by atoms with Gasteiger partial charge in [0, 0.05) is 47.0 Å². The SMILES string of the molecule is CC(C)C(=O)c1ccc(NC(=O)C[C@@]2(C)C[C@H](c3cccc(Cl)c3)[C@@H](c3ccc(Cl)cc3)N([C@H](CS(=O)(=O)C(C)C)C(C)C)C2=O)cc1.[HH]. The number of piperidine rings is 1. The number of carbonyl (C=O) groups is 3. The van der Waals surface area contributed by atoms with Crippen molar-refractivity contribution in [2.24, 2.45) is 17.3 Å². The van der Waals surface area contributed by atoms with Crippen LogP contribution in [0, 0.1) is 17.3 Å². The van der Waals surface area contributed by atoms with E-state index in [1.165, 1.54) is 0 Å².